The second-order valence-corrected chi connectivity index (χ2v) is 6.38. The number of nitrogens with one attached hydrogen (secondary N) is 1. The maximum absolute atomic E-state index is 12.4. The van der Waals surface area contributed by atoms with Crippen LogP contribution in [0.15, 0.2) is 64.6 Å². The van der Waals surface area contributed by atoms with Crippen molar-refractivity contribution >= 4 is 28.3 Å². The molecule has 4 rings (SSSR count). The fourth-order valence-electron chi connectivity index (χ4n) is 2.63. The van der Waals surface area contributed by atoms with Crippen molar-refractivity contribution in [3.8, 4) is 11.6 Å². The lowest BCUT2D eigenvalue weighted by atomic mass is 10.3. The maximum atomic E-state index is 12.4. The predicted molar refractivity (Wildman–Crippen MR) is 93.6 cm³/mol. The molecule has 1 aromatic carbocycles. The van der Waals surface area contributed by atoms with E-state index in [0.29, 0.717) is 18.1 Å². The van der Waals surface area contributed by atoms with Crippen LogP contribution in [0.5, 0.6) is 0 Å². The zero-order chi connectivity index (χ0) is 16.4. The highest BCUT2D eigenvalue weighted by atomic mass is 32.1. The first-order valence-corrected chi connectivity index (χ1v) is 8.47. The largest absolute Gasteiger partial charge is 0.461 e. The predicted octanol–water partition coefficient (Wildman–Crippen LogP) is 3.67. The minimum atomic E-state index is -0.0561. The minimum absolute atomic E-state index is 0.0561. The van der Waals surface area contributed by atoms with Crippen LogP contribution in [-0.2, 0) is 17.9 Å². The molecule has 1 amide bonds. The van der Waals surface area contributed by atoms with Crippen molar-refractivity contribution in [2.75, 3.05) is 0 Å². The quantitative estimate of drug-likeness (QED) is 0.604. The van der Waals surface area contributed by atoms with Gasteiger partial charge in [0.05, 0.1) is 23.8 Å². The number of para-hydroxylation sites is 2. The molecule has 1 N–H and O–H groups in total. The van der Waals surface area contributed by atoms with E-state index in [1.165, 1.54) is 0 Å². The van der Waals surface area contributed by atoms with E-state index < -0.39 is 0 Å². The molecule has 24 heavy (non-hydrogen) atoms. The molecule has 4 aromatic rings. The van der Waals surface area contributed by atoms with E-state index in [0.717, 1.165) is 15.9 Å². The second-order valence-electron chi connectivity index (χ2n) is 5.34. The molecule has 0 fully saturated rings. The summed E-state index contributed by atoms with van der Waals surface area (Å²) in [6, 6.07) is 15.4. The molecule has 0 spiro atoms. The standard InChI is InChI=1S/C18H15N3O2S/c22-17(19-11-13-5-4-10-24-13)12-21-15-7-2-1-6-14(15)20-18(21)16-8-3-9-23-16/h1-10H,11-12H2,(H,19,22). The molecule has 120 valence electrons. The van der Waals surface area contributed by atoms with E-state index >= 15 is 0 Å². The van der Waals surface area contributed by atoms with Gasteiger partial charge in [-0.2, -0.15) is 0 Å². The van der Waals surface area contributed by atoms with Gasteiger partial charge in [-0.1, -0.05) is 18.2 Å². The van der Waals surface area contributed by atoms with Crippen LogP contribution in [0.4, 0.5) is 0 Å². The number of imidazole rings is 1. The zero-order valence-corrected chi connectivity index (χ0v) is 13.6. The van der Waals surface area contributed by atoms with E-state index in [-0.39, 0.29) is 12.5 Å². The van der Waals surface area contributed by atoms with Crippen LogP contribution in [0.1, 0.15) is 4.88 Å². The molecular formula is C18H15N3O2S. The number of carbonyl (C=O) groups is 1. The van der Waals surface area contributed by atoms with Gasteiger partial charge in [-0.25, -0.2) is 4.98 Å². The summed E-state index contributed by atoms with van der Waals surface area (Å²) < 4.78 is 7.36. The van der Waals surface area contributed by atoms with Gasteiger partial charge >= 0.3 is 0 Å². The van der Waals surface area contributed by atoms with Gasteiger partial charge in [0.25, 0.3) is 0 Å². The molecule has 5 nitrogen and oxygen atoms in total. The summed E-state index contributed by atoms with van der Waals surface area (Å²) in [6.07, 6.45) is 1.61. The second kappa shape index (κ2) is 6.33. The number of carbonyl (C=O) groups excluding carboxylic acids is 1. The summed E-state index contributed by atoms with van der Waals surface area (Å²) in [5.74, 6) is 1.25. The Morgan fingerprint density at radius 1 is 1.17 bits per heavy atom. The smallest absolute Gasteiger partial charge is 0.240 e. The number of rotatable bonds is 5. The fourth-order valence-corrected chi connectivity index (χ4v) is 3.27. The van der Waals surface area contributed by atoms with Gasteiger partial charge in [-0.3, -0.25) is 4.79 Å². The molecule has 0 unspecified atom stereocenters. The van der Waals surface area contributed by atoms with E-state index in [4.69, 9.17) is 4.42 Å². The first kappa shape index (κ1) is 14.7. The maximum Gasteiger partial charge on any atom is 0.240 e. The van der Waals surface area contributed by atoms with Crippen LogP contribution in [0.3, 0.4) is 0 Å². The van der Waals surface area contributed by atoms with Crippen LogP contribution in [0, 0.1) is 0 Å². The number of hydrogen-bond acceptors (Lipinski definition) is 4. The first-order chi connectivity index (χ1) is 11.8. The van der Waals surface area contributed by atoms with Crippen molar-refractivity contribution in [1.82, 2.24) is 14.9 Å². The Balaban J connectivity index is 1.62. The van der Waals surface area contributed by atoms with Crippen molar-refractivity contribution in [3.63, 3.8) is 0 Å². The Labute approximate surface area is 142 Å². The average molecular weight is 337 g/mol. The number of fused-ring (bicyclic) bond motifs is 1. The molecule has 0 atom stereocenters. The van der Waals surface area contributed by atoms with E-state index in [1.807, 2.05) is 58.5 Å². The summed E-state index contributed by atoms with van der Waals surface area (Å²) in [7, 11) is 0. The van der Waals surface area contributed by atoms with Gasteiger partial charge in [0.1, 0.15) is 6.54 Å². The van der Waals surface area contributed by atoms with Crippen molar-refractivity contribution in [3.05, 3.63) is 65.1 Å². The van der Waals surface area contributed by atoms with E-state index in [2.05, 4.69) is 10.3 Å². The van der Waals surface area contributed by atoms with Crippen LogP contribution < -0.4 is 5.32 Å². The molecule has 0 bridgehead atoms. The molecule has 3 aromatic heterocycles. The Hall–Kier alpha value is -2.86. The Kier molecular flexibility index (Phi) is 3.88. The molecular weight excluding hydrogens is 322 g/mol. The molecule has 0 aliphatic heterocycles. The summed E-state index contributed by atoms with van der Waals surface area (Å²) in [6.45, 7) is 0.737. The zero-order valence-electron chi connectivity index (χ0n) is 12.8. The van der Waals surface area contributed by atoms with Crippen LogP contribution >= 0.6 is 11.3 Å². The summed E-state index contributed by atoms with van der Waals surface area (Å²) in [5.41, 5.74) is 1.75. The lowest BCUT2D eigenvalue weighted by Gasteiger charge is -2.08. The SMILES string of the molecule is O=C(Cn1c(-c2ccco2)nc2ccccc21)NCc1cccs1. The highest BCUT2D eigenvalue weighted by molar-refractivity contribution is 7.09. The van der Waals surface area contributed by atoms with Crippen molar-refractivity contribution in [2.45, 2.75) is 13.1 Å². The average Bonchev–Trinajstić information content (AvgIpc) is 3.34. The highest BCUT2D eigenvalue weighted by Crippen LogP contribution is 2.25. The molecule has 0 aliphatic carbocycles. The lowest BCUT2D eigenvalue weighted by molar-refractivity contribution is -0.121. The highest BCUT2D eigenvalue weighted by Gasteiger charge is 2.16. The molecule has 0 aliphatic rings. The Morgan fingerprint density at radius 2 is 2.08 bits per heavy atom. The summed E-state index contributed by atoms with van der Waals surface area (Å²) in [4.78, 5) is 18.1. The van der Waals surface area contributed by atoms with Gasteiger partial charge in [-0.05, 0) is 35.7 Å². The number of amides is 1. The molecule has 6 heteroatoms. The third-order valence-corrected chi connectivity index (χ3v) is 4.61. The van der Waals surface area contributed by atoms with Crippen LogP contribution in [0.2, 0.25) is 0 Å². The van der Waals surface area contributed by atoms with Crippen LogP contribution in [-0.4, -0.2) is 15.5 Å². The monoisotopic (exact) mass is 337 g/mol. The van der Waals surface area contributed by atoms with Gasteiger partial charge in [0, 0.05) is 4.88 Å². The van der Waals surface area contributed by atoms with Gasteiger partial charge in [-0.15, -0.1) is 11.3 Å². The summed E-state index contributed by atoms with van der Waals surface area (Å²) in [5, 5.41) is 4.95. The van der Waals surface area contributed by atoms with Gasteiger partial charge in [0.2, 0.25) is 5.91 Å². The Bertz CT molecular complexity index is 956. The number of furan rings is 1. The molecule has 0 radical (unpaired) electrons. The molecule has 0 saturated carbocycles. The van der Waals surface area contributed by atoms with Gasteiger partial charge < -0.3 is 14.3 Å². The van der Waals surface area contributed by atoms with Gasteiger partial charge in [0.15, 0.2) is 11.6 Å². The third kappa shape index (κ3) is 2.83. The molecule has 3 heterocycles. The topological polar surface area (TPSA) is 60.1 Å². The van der Waals surface area contributed by atoms with E-state index in [1.54, 1.807) is 17.6 Å². The third-order valence-electron chi connectivity index (χ3n) is 3.74. The summed E-state index contributed by atoms with van der Waals surface area (Å²) >= 11 is 1.63. The van der Waals surface area contributed by atoms with Crippen LogP contribution in [0.25, 0.3) is 22.6 Å². The van der Waals surface area contributed by atoms with Crippen molar-refractivity contribution < 1.29 is 9.21 Å². The number of hydrogen-bond donors (Lipinski definition) is 1. The number of benzene rings is 1. The minimum Gasteiger partial charge on any atom is -0.461 e. The normalized spacial score (nSPS) is 11.0. The van der Waals surface area contributed by atoms with E-state index in [9.17, 15) is 4.79 Å². The van der Waals surface area contributed by atoms with Crippen molar-refractivity contribution in [2.24, 2.45) is 0 Å². The van der Waals surface area contributed by atoms with Crippen molar-refractivity contribution in [1.29, 1.82) is 0 Å². The first-order valence-electron chi connectivity index (χ1n) is 7.59. The number of nitrogens with zero attached hydrogens (tertiary/aromatic N) is 2. The number of thiophene rings is 1. The Morgan fingerprint density at radius 3 is 2.88 bits per heavy atom. The molecule has 0 saturated heterocycles. The fraction of sp³-hybridized carbons (Fsp3) is 0.111. The lowest BCUT2D eigenvalue weighted by Crippen LogP contribution is -2.27. The number of aromatic nitrogens is 2.